The second kappa shape index (κ2) is 8.86. The fourth-order valence-electron chi connectivity index (χ4n) is 1.86. The first-order valence-corrected chi connectivity index (χ1v) is 7.73. The molecule has 0 aliphatic carbocycles. The summed E-state index contributed by atoms with van der Waals surface area (Å²) in [6.07, 6.45) is 1.89. The van der Waals surface area contributed by atoms with E-state index in [2.05, 4.69) is 17.2 Å². The Morgan fingerprint density at radius 2 is 1.88 bits per heavy atom. The third-order valence-corrected chi connectivity index (χ3v) is 2.87. The number of ketones is 1. The van der Waals surface area contributed by atoms with E-state index in [9.17, 15) is 14.4 Å². The van der Waals surface area contributed by atoms with Crippen LogP contribution in [-0.2, 0) is 9.53 Å². The number of alkyl carbamates (subject to hydrolysis) is 1. The molecule has 0 fully saturated rings. The molecule has 2 amide bonds. The van der Waals surface area contributed by atoms with Crippen molar-refractivity contribution >= 4 is 23.5 Å². The molecule has 0 radical (unpaired) electrons. The molecule has 0 heterocycles. The van der Waals surface area contributed by atoms with Gasteiger partial charge in [0.2, 0.25) is 5.91 Å². The summed E-state index contributed by atoms with van der Waals surface area (Å²) < 4.78 is 5.05. The van der Waals surface area contributed by atoms with Crippen LogP contribution >= 0.6 is 0 Å². The molecular weight excluding hydrogens is 308 g/mol. The van der Waals surface area contributed by atoms with Crippen molar-refractivity contribution in [3.05, 3.63) is 42.5 Å². The van der Waals surface area contributed by atoms with Crippen LogP contribution in [0.2, 0.25) is 0 Å². The number of hydrogen-bond acceptors (Lipinski definition) is 4. The van der Waals surface area contributed by atoms with E-state index in [0.717, 1.165) is 0 Å². The molecule has 0 saturated heterocycles. The van der Waals surface area contributed by atoms with Gasteiger partial charge in [0.1, 0.15) is 12.1 Å². The molecule has 130 valence electrons. The van der Waals surface area contributed by atoms with Crippen LogP contribution in [0.3, 0.4) is 0 Å². The lowest BCUT2D eigenvalue weighted by atomic mass is 10.0. The Morgan fingerprint density at radius 1 is 1.21 bits per heavy atom. The van der Waals surface area contributed by atoms with Crippen LogP contribution < -0.4 is 10.6 Å². The first-order chi connectivity index (χ1) is 11.2. The number of nitrogens with one attached hydrogen (secondary N) is 2. The summed E-state index contributed by atoms with van der Waals surface area (Å²) >= 11 is 0. The molecule has 1 rings (SSSR count). The molecule has 0 saturated carbocycles. The van der Waals surface area contributed by atoms with Crippen LogP contribution in [0.5, 0.6) is 0 Å². The quantitative estimate of drug-likeness (QED) is 0.593. The highest BCUT2D eigenvalue weighted by molar-refractivity contribution is 6.05. The maximum absolute atomic E-state index is 12.1. The lowest BCUT2D eigenvalue weighted by Gasteiger charge is -2.19. The van der Waals surface area contributed by atoms with Crippen molar-refractivity contribution in [3.8, 4) is 0 Å². The van der Waals surface area contributed by atoms with E-state index in [0.29, 0.717) is 24.1 Å². The van der Waals surface area contributed by atoms with Gasteiger partial charge in [-0.3, -0.25) is 9.59 Å². The number of rotatable bonds is 7. The maximum atomic E-state index is 12.1. The van der Waals surface area contributed by atoms with Crippen molar-refractivity contribution in [2.45, 2.75) is 39.2 Å². The Bertz CT molecular complexity index is 618. The first-order valence-electron chi connectivity index (χ1n) is 7.73. The average Bonchev–Trinajstić information content (AvgIpc) is 2.49. The lowest BCUT2D eigenvalue weighted by Crippen LogP contribution is -2.37. The van der Waals surface area contributed by atoms with E-state index in [1.807, 2.05) is 0 Å². The molecule has 6 nitrogen and oxygen atoms in total. The number of ether oxygens (including phenoxy) is 1. The second-order valence-corrected chi connectivity index (χ2v) is 6.20. The van der Waals surface area contributed by atoms with Gasteiger partial charge < -0.3 is 15.4 Å². The molecule has 0 aliphatic heterocycles. The molecular formula is C18H24N2O4. The molecule has 0 atom stereocenters. The van der Waals surface area contributed by atoms with Gasteiger partial charge in [-0.15, -0.1) is 6.58 Å². The van der Waals surface area contributed by atoms with Crippen molar-refractivity contribution in [1.29, 1.82) is 0 Å². The number of amides is 2. The van der Waals surface area contributed by atoms with Crippen LogP contribution in [-0.4, -0.2) is 29.9 Å². The zero-order chi connectivity index (χ0) is 18.2. The number of allylic oxidation sites excluding steroid dienone is 1. The molecule has 6 heteroatoms. The number of hydrogen-bond donors (Lipinski definition) is 2. The van der Waals surface area contributed by atoms with Gasteiger partial charge in [0.05, 0.1) is 5.69 Å². The third kappa shape index (κ3) is 7.09. The zero-order valence-electron chi connectivity index (χ0n) is 14.3. The standard InChI is InChI=1S/C18H24N2O4/c1-5-6-11-15(21)13-9-7-8-10-14(13)20-16(22)12-19-17(23)24-18(2,3)4/h5,7-10H,1,6,11-12H2,2-4H3,(H,19,23)(H,20,22). The van der Waals surface area contributed by atoms with E-state index in [1.54, 1.807) is 51.1 Å². The molecule has 0 aromatic heterocycles. The second-order valence-electron chi connectivity index (χ2n) is 6.20. The van der Waals surface area contributed by atoms with Crippen LogP contribution in [0.1, 0.15) is 44.0 Å². The Kier molecular flexibility index (Phi) is 7.17. The summed E-state index contributed by atoms with van der Waals surface area (Å²) in [6, 6.07) is 6.76. The molecule has 0 bridgehead atoms. The van der Waals surface area contributed by atoms with Gasteiger partial charge >= 0.3 is 6.09 Å². The Morgan fingerprint density at radius 3 is 2.50 bits per heavy atom. The van der Waals surface area contributed by atoms with Crippen LogP contribution in [0.15, 0.2) is 36.9 Å². The van der Waals surface area contributed by atoms with Gasteiger partial charge in [-0.25, -0.2) is 4.79 Å². The molecule has 0 spiro atoms. The Labute approximate surface area is 142 Å². The fourth-order valence-corrected chi connectivity index (χ4v) is 1.86. The highest BCUT2D eigenvalue weighted by Gasteiger charge is 2.17. The van der Waals surface area contributed by atoms with Gasteiger partial charge in [0.25, 0.3) is 0 Å². The van der Waals surface area contributed by atoms with Crippen LogP contribution in [0.25, 0.3) is 0 Å². The molecule has 1 aromatic carbocycles. The largest absolute Gasteiger partial charge is 0.444 e. The predicted molar refractivity (Wildman–Crippen MR) is 93.1 cm³/mol. The van der Waals surface area contributed by atoms with Gasteiger partial charge in [-0.05, 0) is 39.3 Å². The smallest absolute Gasteiger partial charge is 0.408 e. The number of para-hydroxylation sites is 1. The van der Waals surface area contributed by atoms with Crippen molar-refractivity contribution in [1.82, 2.24) is 5.32 Å². The monoisotopic (exact) mass is 332 g/mol. The summed E-state index contributed by atoms with van der Waals surface area (Å²) in [4.78, 5) is 35.6. The van der Waals surface area contributed by atoms with Crippen molar-refractivity contribution in [3.63, 3.8) is 0 Å². The van der Waals surface area contributed by atoms with Crippen molar-refractivity contribution in [2.75, 3.05) is 11.9 Å². The van der Waals surface area contributed by atoms with Crippen molar-refractivity contribution < 1.29 is 19.1 Å². The van der Waals surface area contributed by atoms with Crippen LogP contribution in [0, 0.1) is 0 Å². The van der Waals surface area contributed by atoms with E-state index in [-0.39, 0.29) is 12.3 Å². The summed E-state index contributed by atoms with van der Waals surface area (Å²) in [7, 11) is 0. The fraction of sp³-hybridized carbons (Fsp3) is 0.389. The third-order valence-electron chi connectivity index (χ3n) is 2.87. The number of benzene rings is 1. The maximum Gasteiger partial charge on any atom is 0.408 e. The average molecular weight is 332 g/mol. The number of Topliss-reactive ketones (excluding diaryl/α,β-unsaturated/α-hetero) is 1. The van der Waals surface area contributed by atoms with Gasteiger partial charge in [-0.1, -0.05) is 18.2 Å². The molecule has 2 N–H and O–H groups in total. The highest BCUT2D eigenvalue weighted by atomic mass is 16.6. The molecule has 24 heavy (non-hydrogen) atoms. The first kappa shape index (κ1) is 19.4. The van der Waals surface area contributed by atoms with E-state index in [4.69, 9.17) is 4.74 Å². The van der Waals surface area contributed by atoms with E-state index in [1.165, 1.54) is 0 Å². The van der Waals surface area contributed by atoms with Crippen molar-refractivity contribution in [2.24, 2.45) is 0 Å². The Balaban J connectivity index is 2.63. The summed E-state index contributed by atoms with van der Waals surface area (Å²) in [5.74, 6) is -0.518. The van der Waals surface area contributed by atoms with Gasteiger partial charge in [-0.2, -0.15) is 0 Å². The molecule has 0 aliphatic rings. The summed E-state index contributed by atoms with van der Waals surface area (Å²) in [5, 5.41) is 5.00. The minimum atomic E-state index is -0.673. The molecule has 0 unspecified atom stereocenters. The Hall–Kier alpha value is -2.63. The normalized spacial score (nSPS) is 10.6. The highest BCUT2D eigenvalue weighted by Crippen LogP contribution is 2.17. The van der Waals surface area contributed by atoms with Gasteiger partial charge in [0, 0.05) is 12.0 Å². The van der Waals surface area contributed by atoms with E-state index < -0.39 is 17.6 Å². The minimum Gasteiger partial charge on any atom is -0.444 e. The van der Waals surface area contributed by atoms with Gasteiger partial charge in [0.15, 0.2) is 5.78 Å². The van der Waals surface area contributed by atoms with Crippen LogP contribution in [0.4, 0.5) is 10.5 Å². The SMILES string of the molecule is C=CCCC(=O)c1ccccc1NC(=O)CNC(=O)OC(C)(C)C. The predicted octanol–water partition coefficient (Wildman–Crippen LogP) is 3.30. The zero-order valence-corrected chi connectivity index (χ0v) is 14.3. The topological polar surface area (TPSA) is 84.5 Å². The summed E-state index contributed by atoms with van der Waals surface area (Å²) in [6.45, 7) is 8.54. The lowest BCUT2D eigenvalue weighted by molar-refractivity contribution is -0.115. The molecule has 1 aromatic rings. The number of anilines is 1. The minimum absolute atomic E-state index is 0.0779. The van der Waals surface area contributed by atoms with E-state index >= 15 is 0 Å². The number of carbonyl (C=O) groups excluding carboxylic acids is 3. The number of carbonyl (C=O) groups is 3. The summed E-state index contributed by atoms with van der Waals surface area (Å²) in [5.41, 5.74) is 0.220.